The van der Waals surface area contributed by atoms with E-state index in [2.05, 4.69) is 35.7 Å². The number of hydrogen-bond acceptors (Lipinski definition) is 7. The van der Waals surface area contributed by atoms with Gasteiger partial charge in [0.15, 0.2) is 6.23 Å². The molecule has 1 saturated heterocycles. The third-order valence-electron chi connectivity index (χ3n) is 5.86. The zero-order valence-corrected chi connectivity index (χ0v) is 16.5. The average molecular weight is 408 g/mol. The molecule has 7 heteroatoms. The minimum absolute atomic E-state index is 0.104. The lowest BCUT2D eigenvalue weighted by Gasteiger charge is -2.24. The number of benzene rings is 1. The van der Waals surface area contributed by atoms with Gasteiger partial charge in [0, 0.05) is 18.0 Å². The van der Waals surface area contributed by atoms with Crippen LogP contribution >= 0.6 is 0 Å². The third kappa shape index (κ3) is 3.71. The normalized spacial score (nSPS) is 29.5. The summed E-state index contributed by atoms with van der Waals surface area (Å²) in [4.78, 5) is 28.0. The predicted molar refractivity (Wildman–Crippen MR) is 109 cm³/mol. The van der Waals surface area contributed by atoms with Crippen molar-refractivity contribution in [2.24, 2.45) is 5.92 Å². The van der Waals surface area contributed by atoms with Gasteiger partial charge in [0.05, 0.1) is 19.2 Å². The van der Waals surface area contributed by atoms with Crippen LogP contribution in [0.5, 0.6) is 0 Å². The number of ether oxygens (including phenoxy) is 2. The number of anilines is 1. The molecule has 0 amide bonds. The molecule has 1 aliphatic carbocycles. The molecule has 0 radical (unpaired) electrons. The van der Waals surface area contributed by atoms with Crippen molar-refractivity contribution in [3.8, 4) is 0 Å². The Morgan fingerprint density at radius 2 is 2.13 bits per heavy atom. The summed E-state index contributed by atoms with van der Waals surface area (Å²) in [7, 11) is 0. The fourth-order valence-corrected chi connectivity index (χ4v) is 4.21. The van der Waals surface area contributed by atoms with Crippen molar-refractivity contribution < 1.29 is 23.9 Å². The molecule has 0 spiro atoms. The molecular formula is C23H24N2O5. The van der Waals surface area contributed by atoms with Crippen molar-refractivity contribution in [1.82, 2.24) is 5.06 Å². The minimum Gasteiger partial charge on any atom is -0.488 e. The van der Waals surface area contributed by atoms with Crippen LogP contribution in [0.3, 0.4) is 0 Å². The Bertz CT molecular complexity index is 924. The molecule has 5 atom stereocenters. The van der Waals surface area contributed by atoms with E-state index < -0.39 is 6.04 Å². The standard InChI is InChI=1S/C23H24N2O5/c26-9-3-5-18(13-27)25-23-22(30-23)20-11-17(8-7-16(20)14-28-25)24-12-19-10-15-4-1-2-6-21(15)29-19/h1-2,4,6-11,13,15,18,21-24H,3,5,12,14H2. The van der Waals surface area contributed by atoms with Crippen molar-refractivity contribution in [3.05, 3.63) is 65.5 Å². The molecule has 3 aliphatic heterocycles. The molecule has 0 bridgehead atoms. The molecule has 30 heavy (non-hydrogen) atoms. The molecule has 5 unspecified atom stereocenters. The van der Waals surface area contributed by atoms with Crippen molar-refractivity contribution in [3.63, 3.8) is 0 Å². The Morgan fingerprint density at radius 1 is 1.23 bits per heavy atom. The van der Waals surface area contributed by atoms with Crippen molar-refractivity contribution in [2.45, 2.75) is 43.9 Å². The number of hydrogen-bond donors (Lipinski definition) is 1. The highest BCUT2D eigenvalue weighted by atomic mass is 16.8. The second-order valence-electron chi connectivity index (χ2n) is 7.86. The van der Waals surface area contributed by atoms with Crippen LogP contribution in [0.15, 0.2) is 54.3 Å². The molecule has 1 aromatic carbocycles. The van der Waals surface area contributed by atoms with Gasteiger partial charge in [0.2, 0.25) is 0 Å². The highest BCUT2D eigenvalue weighted by molar-refractivity contribution is 5.59. The fourth-order valence-electron chi connectivity index (χ4n) is 4.21. The van der Waals surface area contributed by atoms with Gasteiger partial charge < -0.3 is 24.4 Å². The second-order valence-corrected chi connectivity index (χ2v) is 7.86. The number of allylic oxidation sites excluding steroid dienone is 2. The Morgan fingerprint density at radius 3 is 2.97 bits per heavy atom. The van der Waals surface area contributed by atoms with E-state index >= 15 is 0 Å². The maximum atomic E-state index is 11.5. The number of carbonyl (C=O) groups is 2. The first-order valence-corrected chi connectivity index (χ1v) is 10.3. The molecule has 156 valence electrons. The van der Waals surface area contributed by atoms with Crippen LogP contribution in [0, 0.1) is 5.92 Å². The van der Waals surface area contributed by atoms with Crippen LogP contribution in [0.1, 0.15) is 30.1 Å². The summed E-state index contributed by atoms with van der Waals surface area (Å²) in [5.41, 5.74) is 3.08. The number of aldehydes is 2. The number of fused-ring (bicyclic) bond motifs is 4. The molecule has 1 fully saturated rings. The maximum absolute atomic E-state index is 11.5. The molecule has 1 N–H and O–H groups in total. The second kappa shape index (κ2) is 8.18. The van der Waals surface area contributed by atoms with E-state index in [1.165, 1.54) is 0 Å². The summed E-state index contributed by atoms with van der Waals surface area (Å²) < 4.78 is 11.8. The van der Waals surface area contributed by atoms with Crippen LogP contribution in [-0.2, 0) is 30.5 Å². The van der Waals surface area contributed by atoms with E-state index in [9.17, 15) is 9.59 Å². The first-order valence-electron chi connectivity index (χ1n) is 10.3. The number of epoxide rings is 1. The Hall–Kier alpha value is -2.74. The molecule has 5 rings (SSSR count). The molecule has 4 aliphatic rings. The molecule has 0 saturated carbocycles. The van der Waals surface area contributed by atoms with Crippen LogP contribution in [0.2, 0.25) is 0 Å². The van der Waals surface area contributed by atoms with E-state index in [0.717, 1.165) is 35.1 Å². The van der Waals surface area contributed by atoms with E-state index in [4.69, 9.17) is 14.3 Å². The monoisotopic (exact) mass is 408 g/mol. The summed E-state index contributed by atoms with van der Waals surface area (Å²) >= 11 is 0. The highest BCUT2D eigenvalue weighted by Gasteiger charge is 2.50. The number of nitrogens with zero attached hydrogens (tertiary/aromatic N) is 1. The van der Waals surface area contributed by atoms with Gasteiger partial charge in [-0.3, -0.25) is 4.84 Å². The number of carbonyl (C=O) groups excluding carboxylic acids is 2. The van der Waals surface area contributed by atoms with Gasteiger partial charge in [0.25, 0.3) is 0 Å². The van der Waals surface area contributed by atoms with Crippen LogP contribution in [0.25, 0.3) is 0 Å². The first-order chi connectivity index (χ1) is 14.8. The van der Waals surface area contributed by atoms with Crippen LogP contribution < -0.4 is 5.32 Å². The lowest BCUT2D eigenvalue weighted by Crippen LogP contribution is -2.38. The first kappa shape index (κ1) is 19.2. The summed E-state index contributed by atoms with van der Waals surface area (Å²) in [6.45, 7) is 0.984. The average Bonchev–Trinajstić information content (AvgIpc) is 3.47. The largest absolute Gasteiger partial charge is 0.488 e. The van der Waals surface area contributed by atoms with Gasteiger partial charge in [-0.15, -0.1) is 5.06 Å². The van der Waals surface area contributed by atoms with Crippen LogP contribution in [-0.4, -0.2) is 42.6 Å². The summed E-state index contributed by atoms with van der Waals surface area (Å²) in [5, 5.41) is 5.04. The lowest BCUT2D eigenvalue weighted by molar-refractivity contribution is -0.215. The van der Waals surface area contributed by atoms with Crippen LogP contribution in [0.4, 0.5) is 5.69 Å². The minimum atomic E-state index is -0.491. The Kier molecular flexibility index (Phi) is 5.25. The van der Waals surface area contributed by atoms with Crippen molar-refractivity contribution in [1.29, 1.82) is 0 Å². The molecule has 0 aromatic heterocycles. The number of nitrogens with one attached hydrogen (secondary N) is 1. The van der Waals surface area contributed by atoms with Gasteiger partial charge in [-0.05, 0) is 41.8 Å². The summed E-state index contributed by atoms with van der Waals surface area (Å²) in [5.74, 6) is 1.25. The summed E-state index contributed by atoms with van der Waals surface area (Å²) in [6, 6.07) is 5.63. The van der Waals surface area contributed by atoms with E-state index in [0.29, 0.717) is 31.9 Å². The highest BCUT2D eigenvalue weighted by Crippen LogP contribution is 2.46. The molecule has 3 heterocycles. The molecule has 7 nitrogen and oxygen atoms in total. The summed E-state index contributed by atoms with van der Waals surface area (Å²) in [6.07, 6.45) is 12.5. The quantitative estimate of drug-likeness (QED) is 0.523. The predicted octanol–water partition coefficient (Wildman–Crippen LogP) is 2.81. The Labute approximate surface area is 174 Å². The van der Waals surface area contributed by atoms with Gasteiger partial charge in [-0.25, -0.2) is 0 Å². The van der Waals surface area contributed by atoms with Gasteiger partial charge in [-0.1, -0.05) is 24.3 Å². The Balaban J connectivity index is 1.24. The maximum Gasteiger partial charge on any atom is 0.165 e. The fraction of sp³-hybridized carbons (Fsp3) is 0.391. The van der Waals surface area contributed by atoms with Gasteiger partial charge in [0.1, 0.15) is 30.5 Å². The van der Waals surface area contributed by atoms with Crippen molar-refractivity contribution in [2.75, 3.05) is 11.9 Å². The SMILES string of the molecule is O=CCCC(C=O)N1OCc2ccc(NCC3=CC4C=CC=CC4O3)cc2C2OC21. The lowest BCUT2D eigenvalue weighted by atomic mass is 9.99. The molecule has 1 aromatic rings. The molecular weight excluding hydrogens is 384 g/mol. The zero-order chi connectivity index (χ0) is 20.5. The van der Waals surface area contributed by atoms with E-state index in [1.54, 1.807) is 5.06 Å². The van der Waals surface area contributed by atoms with E-state index in [-0.39, 0.29) is 18.4 Å². The topological polar surface area (TPSA) is 80.4 Å². The smallest absolute Gasteiger partial charge is 0.165 e. The number of rotatable bonds is 8. The van der Waals surface area contributed by atoms with E-state index in [1.807, 2.05) is 18.2 Å². The van der Waals surface area contributed by atoms with Gasteiger partial charge >= 0.3 is 0 Å². The van der Waals surface area contributed by atoms with Gasteiger partial charge in [-0.2, -0.15) is 0 Å². The third-order valence-corrected chi connectivity index (χ3v) is 5.86. The number of hydroxylamine groups is 2. The zero-order valence-electron chi connectivity index (χ0n) is 16.5. The van der Waals surface area contributed by atoms with Crippen molar-refractivity contribution >= 4 is 18.3 Å².